The third kappa shape index (κ3) is 1.78. The van der Waals surface area contributed by atoms with E-state index in [1.165, 1.54) is 0 Å². The number of ether oxygens (including phenoxy) is 1. The zero-order chi connectivity index (χ0) is 13.5. The van der Waals surface area contributed by atoms with Gasteiger partial charge in [0, 0.05) is 24.9 Å². The highest BCUT2D eigenvalue weighted by molar-refractivity contribution is 5.70. The number of fused-ring (bicyclic) bond motifs is 1. The molecule has 1 fully saturated rings. The van der Waals surface area contributed by atoms with E-state index in [0.29, 0.717) is 24.0 Å². The van der Waals surface area contributed by atoms with E-state index in [9.17, 15) is 0 Å². The van der Waals surface area contributed by atoms with Crippen molar-refractivity contribution in [2.75, 3.05) is 13.2 Å². The fraction of sp³-hybridized carbons (Fsp3) is 0.385. The van der Waals surface area contributed by atoms with E-state index in [-0.39, 0.29) is 5.92 Å². The molecule has 0 bridgehead atoms. The Morgan fingerprint density at radius 1 is 1.35 bits per heavy atom. The minimum absolute atomic E-state index is 0.226. The van der Waals surface area contributed by atoms with Crippen molar-refractivity contribution in [2.24, 2.45) is 0 Å². The van der Waals surface area contributed by atoms with Crippen molar-refractivity contribution in [3.63, 3.8) is 0 Å². The minimum atomic E-state index is 0.226. The topological polar surface area (TPSA) is 78.3 Å². The van der Waals surface area contributed by atoms with E-state index in [1.54, 1.807) is 16.9 Å². The molecule has 0 unspecified atom stereocenters. The van der Waals surface area contributed by atoms with E-state index >= 15 is 0 Å². The second kappa shape index (κ2) is 4.38. The smallest absolute Gasteiger partial charge is 0.263 e. The first-order chi connectivity index (χ1) is 9.81. The Bertz CT molecular complexity index is 757. The van der Waals surface area contributed by atoms with Crippen molar-refractivity contribution < 1.29 is 9.26 Å². The van der Waals surface area contributed by atoms with Gasteiger partial charge in [-0.25, -0.2) is 9.50 Å². The summed E-state index contributed by atoms with van der Waals surface area (Å²) in [6.45, 7) is 3.38. The monoisotopic (exact) mass is 271 g/mol. The number of rotatable bonds is 2. The van der Waals surface area contributed by atoms with Crippen molar-refractivity contribution in [3.05, 3.63) is 30.0 Å². The fourth-order valence-electron chi connectivity index (χ4n) is 2.37. The van der Waals surface area contributed by atoms with E-state index in [1.807, 2.05) is 13.1 Å². The number of nitrogens with zero attached hydrogens (tertiary/aromatic N) is 5. The Balaban J connectivity index is 1.75. The van der Waals surface area contributed by atoms with Gasteiger partial charge in [-0.3, -0.25) is 0 Å². The van der Waals surface area contributed by atoms with Crippen LogP contribution in [-0.2, 0) is 4.74 Å². The Morgan fingerprint density at radius 3 is 3.15 bits per heavy atom. The SMILES string of the molecule is Cc1cnc2c(-c3nc([C@H]4CCOC4)no3)cnn2c1. The molecule has 1 aliphatic heterocycles. The summed E-state index contributed by atoms with van der Waals surface area (Å²) in [5.41, 5.74) is 2.51. The van der Waals surface area contributed by atoms with Crippen LogP contribution in [0.3, 0.4) is 0 Å². The summed E-state index contributed by atoms with van der Waals surface area (Å²) in [7, 11) is 0. The van der Waals surface area contributed by atoms with Crippen molar-refractivity contribution in [3.8, 4) is 11.5 Å². The highest BCUT2D eigenvalue weighted by Crippen LogP contribution is 2.27. The van der Waals surface area contributed by atoms with Crippen molar-refractivity contribution >= 4 is 5.65 Å². The van der Waals surface area contributed by atoms with Crippen LogP contribution in [0.1, 0.15) is 23.7 Å². The second-order valence-corrected chi connectivity index (χ2v) is 4.98. The van der Waals surface area contributed by atoms with Gasteiger partial charge in [-0.1, -0.05) is 5.16 Å². The molecule has 0 amide bonds. The molecule has 1 saturated heterocycles. The van der Waals surface area contributed by atoms with Gasteiger partial charge in [0.05, 0.1) is 12.8 Å². The van der Waals surface area contributed by atoms with Crippen LogP contribution in [0, 0.1) is 6.92 Å². The van der Waals surface area contributed by atoms with Crippen LogP contribution in [-0.4, -0.2) is 38.0 Å². The predicted molar refractivity (Wildman–Crippen MR) is 69.2 cm³/mol. The van der Waals surface area contributed by atoms with E-state index in [0.717, 1.165) is 24.2 Å². The molecule has 0 saturated carbocycles. The molecule has 0 spiro atoms. The largest absolute Gasteiger partial charge is 0.381 e. The number of hydrogen-bond donors (Lipinski definition) is 0. The molecule has 0 radical (unpaired) electrons. The molecule has 1 atom stereocenters. The van der Waals surface area contributed by atoms with Gasteiger partial charge < -0.3 is 9.26 Å². The van der Waals surface area contributed by atoms with Crippen LogP contribution >= 0.6 is 0 Å². The average molecular weight is 271 g/mol. The van der Waals surface area contributed by atoms with Gasteiger partial charge >= 0.3 is 0 Å². The van der Waals surface area contributed by atoms with E-state index in [4.69, 9.17) is 9.26 Å². The first-order valence-corrected chi connectivity index (χ1v) is 6.53. The number of aromatic nitrogens is 5. The maximum atomic E-state index is 5.35. The lowest BCUT2D eigenvalue weighted by atomic mass is 10.1. The Kier molecular flexibility index (Phi) is 2.53. The summed E-state index contributed by atoms with van der Waals surface area (Å²) in [4.78, 5) is 8.83. The maximum Gasteiger partial charge on any atom is 0.263 e. The zero-order valence-corrected chi connectivity index (χ0v) is 11.0. The highest BCUT2D eigenvalue weighted by Gasteiger charge is 2.24. The van der Waals surface area contributed by atoms with Crippen LogP contribution in [0.25, 0.3) is 17.1 Å². The lowest BCUT2D eigenvalue weighted by molar-refractivity contribution is 0.192. The molecule has 7 nitrogen and oxygen atoms in total. The van der Waals surface area contributed by atoms with Gasteiger partial charge in [0.1, 0.15) is 5.56 Å². The molecule has 20 heavy (non-hydrogen) atoms. The van der Waals surface area contributed by atoms with Gasteiger partial charge in [-0.15, -0.1) is 0 Å². The summed E-state index contributed by atoms with van der Waals surface area (Å²) >= 11 is 0. The molecule has 3 aromatic rings. The Labute approximate surface area is 114 Å². The third-order valence-electron chi connectivity index (χ3n) is 3.45. The Hall–Kier alpha value is -2.28. The molecule has 7 heteroatoms. The third-order valence-corrected chi connectivity index (χ3v) is 3.45. The quantitative estimate of drug-likeness (QED) is 0.704. The van der Waals surface area contributed by atoms with Crippen LogP contribution in [0.2, 0.25) is 0 Å². The Morgan fingerprint density at radius 2 is 2.30 bits per heavy atom. The summed E-state index contributed by atoms with van der Waals surface area (Å²) < 4.78 is 12.4. The van der Waals surface area contributed by atoms with E-state index < -0.39 is 0 Å². The molecular formula is C13H13N5O2. The standard InChI is InChI=1S/C13H13N5O2/c1-8-4-14-12-10(5-15-18(12)6-8)13-16-11(17-20-13)9-2-3-19-7-9/h4-6,9H,2-3,7H2,1H3/t9-/m0/s1. The van der Waals surface area contributed by atoms with Crippen LogP contribution < -0.4 is 0 Å². The van der Waals surface area contributed by atoms with Crippen molar-refractivity contribution in [1.29, 1.82) is 0 Å². The molecule has 3 aromatic heterocycles. The van der Waals surface area contributed by atoms with Gasteiger partial charge in [-0.05, 0) is 18.9 Å². The van der Waals surface area contributed by atoms with Crippen LogP contribution in [0.4, 0.5) is 0 Å². The molecule has 102 valence electrons. The molecule has 0 aromatic carbocycles. The fourth-order valence-corrected chi connectivity index (χ4v) is 2.37. The van der Waals surface area contributed by atoms with Crippen molar-refractivity contribution in [1.82, 2.24) is 24.7 Å². The normalized spacial score (nSPS) is 18.9. The molecule has 4 heterocycles. The molecule has 0 N–H and O–H groups in total. The summed E-state index contributed by atoms with van der Waals surface area (Å²) in [6, 6.07) is 0. The van der Waals surface area contributed by atoms with Crippen LogP contribution in [0.5, 0.6) is 0 Å². The lowest BCUT2D eigenvalue weighted by Gasteiger charge is -1.97. The maximum absolute atomic E-state index is 5.35. The second-order valence-electron chi connectivity index (χ2n) is 4.98. The molecule has 1 aliphatic rings. The molecule has 0 aliphatic carbocycles. The van der Waals surface area contributed by atoms with Gasteiger partial charge in [-0.2, -0.15) is 10.1 Å². The highest BCUT2D eigenvalue weighted by atomic mass is 16.5. The summed E-state index contributed by atoms with van der Waals surface area (Å²) in [5.74, 6) is 1.38. The van der Waals surface area contributed by atoms with Gasteiger partial charge in [0.25, 0.3) is 5.89 Å². The van der Waals surface area contributed by atoms with E-state index in [2.05, 4.69) is 20.2 Å². The minimum Gasteiger partial charge on any atom is -0.381 e. The van der Waals surface area contributed by atoms with Crippen LogP contribution in [0.15, 0.2) is 23.1 Å². The van der Waals surface area contributed by atoms with Gasteiger partial charge in [0.2, 0.25) is 0 Å². The number of aryl methyl sites for hydroxylation is 1. The van der Waals surface area contributed by atoms with Crippen molar-refractivity contribution in [2.45, 2.75) is 19.3 Å². The first-order valence-electron chi connectivity index (χ1n) is 6.53. The molecule has 4 rings (SSSR count). The lowest BCUT2D eigenvalue weighted by Crippen LogP contribution is -1.99. The zero-order valence-electron chi connectivity index (χ0n) is 11.0. The number of hydrogen-bond acceptors (Lipinski definition) is 6. The average Bonchev–Trinajstić information content (AvgIpc) is 3.17. The predicted octanol–water partition coefficient (Wildman–Crippen LogP) is 1.59. The summed E-state index contributed by atoms with van der Waals surface area (Å²) in [6.07, 6.45) is 6.34. The first kappa shape index (κ1) is 11.5. The summed E-state index contributed by atoms with van der Waals surface area (Å²) in [5, 5.41) is 8.31. The van der Waals surface area contributed by atoms with Gasteiger partial charge in [0.15, 0.2) is 11.5 Å². The molecular weight excluding hydrogens is 258 g/mol.